The summed E-state index contributed by atoms with van der Waals surface area (Å²) in [6.45, 7) is 3.19. The van der Waals surface area contributed by atoms with Gasteiger partial charge in [-0.25, -0.2) is 17.8 Å². The van der Waals surface area contributed by atoms with Gasteiger partial charge in [0.2, 0.25) is 5.91 Å². The third-order valence-electron chi connectivity index (χ3n) is 7.59. The first-order chi connectivity index (χ1) is 22.7. The molecule has 7 N–H and O–H groups in total. The molecule has 0 saturated heterocycles. The van der Waals surface area contributed by atoms with E-state index < -0.39 is 65.6 Å². The van der Waals surface area contributed by atoms with Crippen molar-refractivity contribution in [3.8, 4) is 0 Å². The average molecular weight is 727 g/mol. The molecule has 262 valence electrons. The maximum Gasteiger partial charge on any atom is 1.00 e. The number of hydrogen-bond acceptors (Lipinski definition) is 9. The smallest absolute Gasteiger partial charge is 0.453 e. The zero-order valence-electron chi connectivity index (χ0n) is 28.1. The number of sulfone groups is 1. The number of amides is 2. The van der Waals surface area contributed by atoms with E-state index in [0.29, 0.717) is 18.5 Å². The van der Waals surface area contributed by atoms with Gasteiger partial charge in [-0.2, -0.15) is 30.3 Å². The number of nitrogen functional groups attached to an aromatic ring is 1. The molecule has 0 spiro atoms. The minimum absolute atomic E-state index is 0. The first-order valence-electron chi connectivity index (χ1n) is 15.4. The molecular weight excluding hydrogens is 682 g/mol. The molecule has 3 aromatic rings. The van der Waals surface area contributed by atoms with Crippen LogP contribution in [0.5, 0.6) is 0 Å². The van der Waals surface area contributed by atoms with Crippen LogP contribution in [0.15, 0.2) is 83.8 Å². The minimum Gasteiger partial charge on any atom is -0.453 e. The van der Waals surface area contributed by atoms with E-state index in [4.69, 9.17) is 15.0 Å². The van der Waals surface area contributed by atoms with Crippen molar-refractivity contribution >= 4 is 35.3 Å². The zero-order chi connectivity index (χ0) is 35.3. The van der Waals surface area contributed by atoms with Crippen LogP contribution in [-0.4, -0.2) is 67.9 Å². The molecule has 0 heterocycles. The van der Waals surface area contributed by atoms with Gasteiger partial charge in [0.05, 0.1) is 18.6 Å². The van der Waals surface area contributed by atoms with E-state index in [2.05, 4.69) is 22.0 Å². The molecule has 0 saturated carbocycles. The van der Waals surface area contributed by atoms with Gasteiger partial charge in [0.25, 0.3) is 0 Å². The Kier molecular flexibility index (Phi) is 17.4. The number of rotatable bonds is 18. The quantitative estimate of drug-likeness (QED) is 0.0355. The number of methoxy groups -OCH3 is 1. The summed E-state index contributed by atoms with van der Waals surface area (Å²) >= 11 is 0. The number of hydrogen-bond donors (Lipinski definition) is 6. The predicted octanol–water partition coefficient (Wildman–Crippen LogP) is 0.739. The monoisotopic (exact) mass is 726 g/mol. The Morgan fingerprint density at radius 2 is 1.63 bits per heavy atom. The van der Waals surface area contributed by atoms with Gasteiger partial charge in [-0.1, -0.05) is 50.6 Å². The number of anilines is 1. The molecule has 0 fully saturated rings. The predicted molar refractivity (Wildman–Crippen MR) is 181 cm³/mol. The molecule has 0 radical (unpaired) electrons. The van der Waals surface area contributed by atoms with Crippen molar-refractivity contribution in [2.45, 2.75) is 61.4 Å². The van der Waals surface area contributed by atoms with Crippen LogP contribution in [0.3, 0.4) is 0 Å². The molecule has 0 bridgehead atoms. The van der Waals surface area contributed by atoms with Gasteiger partial charge < -0.3 is 30.9 Å². The molecule has 3 rings (SSSR count). The SMILES string of the molecule is COC(=O)N[C@H](C(=O)NCCCC[C@@H](COP(=O)(O)O)NC(C(C)C)S(=O)(=O)c1ccc(N)cc1)C(c1c[c-]ccc1)c1ccccc1.[Na+]. The largest absolute Gasteiger partial charge is 1.00 e. The molecule has 49 heavy (non-hydrogen) atoms. The standard InChI is InChI=1S/C33H44N4O9PS.Na/c1-23(2)32(48(43,44)28-19-17-26(34)18-20-28)36-27(22-46-47(40,41)42)16-10-11-21-35-31(38)30(37-33(39)45-3)29(24-12-6-4-7-13-24)25-14-8-5-9-15-25;/h4-8,12-15,17-20,23,27,29-30,32,36H,10-11,16,21-22,34H2,1-3H3,(H,35,38)(H,37,39)(H2,40,41,42);/q-1;+1/t27-,29?,30-,32?;/m0./s1. The summed E-state index contributed by atoms with van der Waals surface area (Å²) in [7, 11) is -7.54. The van der Waals surface area contributed by atoms with E-state index in [1.807, 2.05) is 36.4 Å². The third kappa shape index (κ3) is 13.5. The van der Waals surface area contributed by atoms with Gasteiger partial charge in [0, 0.05) is 18.3 Å². The Morgan fingerprint density at radius 3 is 2.20 bits per heavy atom. The summed E-state index contributed by atoms with van der Waals surface area (Å²) in [5.74, 6) is -1.42. The molecule has 0 aromatic heterocycles. The second-order valence-corrected chi connectivity index (χ2v) is 14.9. The van der Waals surface area contributed by atoms with Crippen LogP contribution in [-0.2, 0) is 28.5 Å². The van der Waals surface area contributed by atoms with E-state index in [-0.39, 0.29) is 47.4 Å². The fourth-order valence-electron chi connectivity index (χ4n) is 5.24. The van der Waals surface area contributed by atoms with Crippen molar-refractivity contribution in [1.29, 1.82) is 0 Å². The van der Waals surface area contributed by atoms with E-state index in [0.717, 1.165) is 11.1 Å². The van der Waals surface area contributed by atoms with E-state index in [1.54, 1.807) is 32.0 Å². The summed E-state index contributed by atoms with van der Waals surface area (Å²) in [5, 5.41) is 7.48. The average Bonchev–Trinajstić information content (AvgIpc) is 3.05. The number of carbonyl (C=O) groups is 2. The number of nitrogens with one attached hydrogen (secondary N) is 3. The van der Waals surface area contributed by atoms with Crippen molar-refractivity contribution < 1.29 is 71.2 Å². The Balaban J connectivity index is 0.00000833. The molecule has 2 amide bonds. The Morgan fingerprint density at radius 1 is 0.980 bits per heavy atom. The molecule has 0 aliphatic carbocycles. The number of alkyl carbamates (subject to hydrolysis) is 1. The zero-order valence-corrected chi connectivity index (χ0v) is 31.8. The van der Waals surface area contributed by atoms with E-state index >= 15 is 0 Å². The number of unbranched alkanes of at least 4 members (excludes halogenated alkanes) is 1. The molecule has 0 aliphatic heterocycles. The fraction of sp³-hybridized carbons (Fsp3) is 0.394. The summed E-state index contributed by atoms with van der Waals surface area (Å²) in [6.07, 6.45) is 0.354. The molecule has 16 heteroatoms. The van der Waals surface area contributed by atoms with Crippen LogP contribution < -0.4 is 51.2 Å². The second-order valence-electron chi connectivity index (χ2n) is 11.6. The molecule has 2 unspecified atom stereocenters. The van der Waals surface area contributed by atoms with Gasteiger partial charge >= 0.3 is 43.5 Å². The van der Waals surface area contributed by atoms with Crippen molar-refractivity contribution in [2.24, 2.45) is 5.92 Å². The number of benzene rings is 3. The van der Waals surface area contributed by atoms with Crippen molar-refractivity contribution in [3.63, 3.8) is 0 Å². The first kappa shape index (κ1) is 42.4. The van der Waals surface area contributed by atoms with E-state index in [1.165, 1.54) is 31.4 Å². The molecule has 13 nitrogen and oxygen atoms in total. The van der Waals surface area contributed by atoms with Crippen LogP contribution in [0.1, 0.15) is 50.2 Å². The summed E-state index contributed by atoms with van der Waals surface area (Å²) in [4.78, 5) is 44.7. The Hall–Kier alpha value is -2.78. The van der Waals surface area contributed by atoms with Crippen molar-refractivity contribution in [1.82, 2.24) is 16.0 Å². The third-order valence-corrected chi connectivity index (χ3v) is 10.4. The Labute approximate surface area is 310 Å². The fourth-order valence-corrected chi connectivity index (χ4v) is 7.51. The van der Waals surface area contributed by atoms with Crippen LogP contribution in [0.25, 0.3) is 0 Å². The van der Waals surface area contributed by atoms with Gasteiger partial charge in [-0.15, -0.1) is 5.56 Å². The molecular formula is C33H44N4NaO9PS. The number of phosphoric ester groups is 1. The molecule has 0 aliphatic rings. The maximum absolute atomic E-state index is 13.6. The normalized spacial score (nSPS) is 14.2. The van der Waals surface area contributed by atoms with Crippen LogP contribution in [0.2, 0.25) is 0 Å². The van der Waals surface area contributed by atoms with Crippen molar-refractivity contribution in [3.05, 3.63) is 96.1 Å². The second kappa shape index (κ2) is 20.2. The maximum atomic E-state index is 13.6. The van der Waals surface area contributed by atoms with Gasteiger partial charge in [0.1, 0.15) is 11.4 Å². The number of carbonyl (C=O) groups excluding carboxylic acids is 2. The summed E-state index contributed by atoms with van der Waals surface area (Å²) in [6, 6.07) is 23.4. The van der Waals surface area contributed by atoms with Gasteiger partial charge in [-0.3, -0.25) is 14.6 Å². The van der Waals surface area contributed by atoms with Crippen LogP contribution >= 0.6 is 7.82 Å². The molecule has 3 aromatic carbocycles. The number of ether oxygens (including phenoxy) is 1. The minimum atomic E-state index is -4.84. The first-order valence-corrected chi connectivity index (χ1v) is 18.5. The van der Waals surface area contributed by atoms with Crippen LogP contribution in [0.4, 0.5) is 10.5 Å². The van der Waals surface area contributed by atoms with Crippen molar-refractivity contribution in [2.75, 3.05) is 26.0 Å². The molecule has 4 atom stereocenters. The topological polar surface area (TPSA) is 206 Å². The van der Waals surface area contributed by atoms with E-state index in [9.17, 15) is 32.4 Å². The number of nitrogens with two attached hydrogens (primary N) is 1. The van der Waals surface area contributed by atoms with Gasteiger partial charge in [-0.05, 0) is 54.5 Å². The summed E-state index contributed by atoms with van der Waals surface area (Å²) in [5.41, 5.74) is 7.68. The Bertz CT molecular complexity index is 1570. The van der Waals surface area contributed by atoms with Crippen LogP contribution in [0, 0.1) is 12.0 Å². The summed E-state index contributed by atoms with van der Waals surface area (Å²) < 4.78 is 48.1. The van der Waals surface area contributed by atoms with Gasteiger partial charge in [0.15, 0.2) is 9.84 Å². The number of phosphoric acid groups is 1.